The zero-order valence-corrected chi connectivity index (χ0v) is 14.6. The Hall–Kier alpha value is -2.72. The summed E-state index contributed by atoms with van der Waals surface area (Å²) in [5.74, 6) is -1.08. The van der Waals surface area contributed by atoms with E-state index in [0.29, 0.717) is 24.6 Å². The van der Waals surface area contributed by atoms with E-state index in [1.165, 1.54) is 0 Å². The fourth-order valence-corrected chi connectivity index (χ4v) is 2.91. The Kier molecular flexibility index (Phi) is 6.20. The van der Waals surface area contributed by atoms with Gasteiger partial charge in [-0.3, -0.25) is 9.59 Å². The van der Waals surface area contributed by atoms with E-state index in [2.05, 4.69) is 15.5 Å². The highest BCUT2D eigenvalue weighted by atomic mass is 16.5. The maximum absolute atomic E-state index is 12.1. The number of aryl methyl sites for hydroxylation is 1. The number of carboxylic acid groups (broad SMARTS) is 1. The number of nitrogens with one attached hydrogen (secondary N) is 1. The van der Waals surface area contributed by atoms with Gasteiger partial charge in [0.25, 0.3) is 0 Å². The fraction of sp³-hybridized carbons (Fsp3) is 0.412. The van der Waals surface area contributed by atoms with E-state index in [1.807, 2.05) is 30.3 Å². The number of aliphatic carboxylic acids is 1. The van der Waals surface area contributed by atoms with E-state index in [9.17, 15) is 14.6 Å². The van der Waals surface area contributed by atoms with Crippen molar-refractivity contribution in [1.82, 2.24) is 15.5 Å². The number of rotatable bonds is 7. The largest absolute Gasteiger partial charge is 0.481 e. The van der Waals surface area contributed by atoms with Crippen molar-refractivity contribution >= 4 is 19.0 Å². The van der Waals surface area contributed by atoms with E-state index in [0.717, 1.165) is 5.56 Å². The van der Waals surface area contributed by atoms with Gasteiger partial charge in [0.05, 0.1) is 18.5 Å². The van der Waals surface area contributed by atoms with Crippen LogP contribution in [0.2, 0.25) is 0 Å². The van der Waals surface area contributed by atoms with Gasteiger partial charge in [0.2, 0.25) is 17.7 Å². The van der Waals surface area contributed by atoms with Crippen molar-refractivity contribution in [3.05, 3.63) is 36.2 Å². The molecular formula is C17H20BN3O6. The van der Waals surface area contributed by atoms with Crippen LogP contribution in [0.15, 0.2) is 34.7 Å². The van der Waals surface area contributed by atoms with Crippen LogP contribution in [0, 0.1) is 0 Å². The first-order valence-corrected chi connectivity index (χ1v) is 8.74. The highest BCUT2D eigenvalue weighted by Crippen LogP contribution is 2.19. The summed E-state index contributed by atoms with van der Waals surface area (Å²) in [7, 11) is -1.22. The maximum atomic E-state index is 12.1. The summed E-state index contributed by atoms with van der Waals surface area (Å²) < 4.78 is 10.8. The highest BCUT2D eigenvalue weighted by Gasteiger charge is 2.36. The maximum Gasteiger partial charge on any atom is 0.478 e. The second-order valence-electron chi connectivity index (χ2n) is 6.36. The van der Waals surface area contributed by atoms with E-state index >= 15 is 0 Å². The molecule has 0 radical (unpaired) electrons. The molecule has 27 heavy (non-hydrogen) atoms. The van der Waals surface area contributed by atoms with Crippen LogP contribution in [0.1, 0.15) is 31.6 Å². The van der Waals surface area contributed by atoms with Crippen molar-refractivity contribution < 1.29 is 28.8 Å². The molecule has 0 unspecified atom stereocenters. The van der Waals surface area contributed by atoms with Gasteiger partial charge in [-0.2, -0.15) is 0 Å². The topological polar surface area (TPSA) is 135 Å². The molecule has 1 fully saturated rings. The first-order chi connectivity index (χ1) is 13.0. The van der Waals surface area contributed by atoms with Gasteiger partial charge in [-0.05, 0) is 25.0 Å². The average Bonchev–Trinajstić information content (AvgIpc) is 3.12. The van der Waals surface area contributed by atoms with Crippen LogP contribution in [0.25, 0.3) is 11.5 Å². The summed E-state index contributed by atoms with van der Waals surface area (Å²) >= 11 is 0. The molecule has 3 rings (SSSR count). The molecule has 2 heterocycles. The first-order valence-electron chi connectivity index (χ1n) is 8.74. The minimum Gasteiger partial charge on any atom is -0.481 e. The van der Waals surface area contributed by atoms with Gasteiger partial charge in [-0.15, -0.1) is 10.2 Å². The van der Waals surface area contributed by atoms with Gasteiger partial charge in [0.15, 0.2) is 0 Å². The van der Waals surface area contributed by atoms with E-state index in [1.54, 1.807) is 0 Å². The number of carboxylic acids is 1. The van der Waals surface area contributed by atoms with E-state index < -0.39 is 25.1 Å². The highest BCUT2D eigenvalue weighted by molar-refractivity contribution is 6.45. The first kappa shape index (κ1) is 19.1. The lowest BCUT2D eigenvalue weighted by molar-refractivity contribution is -0.139. The lowest BCUT2D eigenvalue weighted by Gasteiger charge is -2.30. The molecule has 3 N–H and O–H groups in total. The molecule has 10 heteroatoms. The van der Waals surface area contributed by atoms with E-state index in [4.69, 9.17) is 14.2 Å². The molecule has 2 atom stereocenters. The Morgan fingerprint density at radius 3 is 2.70 bits per heavy atom. The quantitative estimate of drug-likeness (QED) is 0.608. The predicted octanol–water partition coefficient (Wildman–Crippen LogP) is 0.827. The van der Waals surface area contributed by atoms with Crippen molar-refractivity contribution in [2.75, 3.05) is 0 Å². The Bertz CT molecular complexity index is 784. The minimum atomic E-state index is -1.22. The third kappa shape index (κ3) is 5.38. The molecule has 0 saturated carbocycles. The molecule has 2 aromatic rings. The zero-order chi connectivity index (χ0) is 19.2. The molecule has 1 aliphatic rings. The smallest absolute Gasteiger partial charge is 0.478 e. The molecule has 1 aliphatic heterocycles. The number of carbonyl (C=O) groups excluding carboxylic acids is 1. The number of hydrogen-bond donors (Lipinski definition) is 3. The summed E-state index contributed by atoms with van der Waals surface area (Å²) in [4.78, 5) is 22.8. The average molecular weight is 373 g/mol. The van der Waals surface area contributed by atoms with Crippen LogP contribution < -0.4 is 5.32 Å². The lowest BCUT2D eigenvalue weighted by atomic mass is 9.72. The normalized spacial score (nSPS) is 19.7. The molecule has 0 bridgehead atoms. The van der Waals surface area contributed by atoms with Crippen LogP contribution in [-0.2, 0) is 20.7 Å². The van der Waals surface area contributed by atoms with Crippen molar-refractivity contribution in [2.45, 2.75) is 44.1 Å². The Labute approximate surface area is 155 Å². The van der Waals surface area contributed by atoms with Gasteiger partial charge in [0, 0.05) is 18.4 Å². The lowest BCUT2D eigenvalue weighted by Crippen LogP contribution is -2.53. The number of carbonyl (C=O) groups is 2. The van der Waals surface area contributed by atoms with Crippen molar-refractivity contribution in [3.63, 3.8) is 0 Å². The number of nitrogens with zero attached hydrogens (tertiary/aromatic N) is 2. The second kappa shape index (κ2) is 8.78. The summed E-state index contributed by atoms with van der Waals surface area (Å²) in [5.41, 5.74) is 0.805. The summed E-state index contributed by atoms with van der Waals surface area (Å²) in [6.07, 6.45) is 0.593. The molecule has 0 aliphatic carbocycles. The molecule has 1 amide bonds. The molecule has 0 spiro atoms. The standard InChI is InChI=1S/C17H20BN3O6/c22-14(19-13-7-6-12(10-16(23)24)27-18(13)25)8-9-15-20-21-17(26-15)11-4-2-1-3-5-11/h1-5,12-13,25H,6-10H2,(H,19,22)(H,23,24)/t12-,13-/m0/s1. The van der Waals surface area contributed by atoms with Crippen molar-refractivity contribution in [2.24, 2.45) is 0 Å². The number of hydrogen-bond acceptors (Lipinski definition) is 7. The Morgan fingerprint density at radius 1 is 1.22 bits per heavy atom. The van der Waals surface area contributed by atoms with Gasteiger partial charge in [0.1, 0.15) is 0 Å². The minimum absolute atomic E-state index is 0.123. The second-order valence-corrected chi connectivity index (χ2v) is 6.36. The molecule has 1 saturated heterocycles. The zero-order valence-electron chi connectivity index (χ0n) is 14.6. The van der Waals surface area contributed by atoms with Crippen LogP contribution in [-0.4, -0.2) is 51.4 Å². The molecule has 142 valence electrons. The van der Waals surface area contributed by atoms with Gasteiger partial charge in [-0.25, -0.2) is 0 Å². The van der Waals surface area contributed by atoms with Crippen LogP contribution in [0.3, 0.4) is 0 Å². The summed E-state index contributed by atoms with van der Waals surface area (Å²) in [5, 5.41) is 29.3. The van der Waals surface area contributed by atoms with Crippen LogP contribution >= 0.6 is 0 Å². The van der Waals surface area contributed by atoms with Crippen LogP contribution in [0.5, 0.6) is 0 Å². The van der Waals surface area contributed by atoms with Crippen LogP contribution in [0.4, 0.5) is 0 Å². The molecular weight excluding hydrogens is 353 g/mol. The van der Waals surface area contributed by atoms with Crippen molar-refractivity contribution in [3.8, 4) is 11.5 Å². The summed E-state index contributed by atoms with van der Waals surface area (Å²) in [6.45, 7) is 0. The molecule has 1 aromatic heterocycles. The monoisotopic (exact) mass is 373 g/mol. The third-order valence-electron chi connectivity index (χ3n) is 4.28. The van der Waals surface area contributed by atoms with E-state index in [-0.39, 0.29) is 25.2 Å². The van der Waals surface area contributed by atoms with Gasteiger partial charge < -0.3 is 24.5 Å². The van der Waals surface area contributed by atoms with Gasteiger partial charge >= 0.3 is 13.1 Å². The Balaban J connectivity index is 1.45. The summed E-state index contributed by atoms with van der Waals surface area (Å²) in [6, 6.07) is 9.33. The predicted molar refractivity (Wildman–Crippen MR) is 94.3 cm³/mol. The van der Waals surface area contributed by atoms with Crippen molar-refractivity contribution in [1.29, 1.82) is 0 Å². The number of amides is 1. The third-order valence-corrected chi connectivity index (χ3v) is 4.28. The molecule has 1 aromatic carbocycles. The number of benzene rings is 1. The van der Waals surface area contributed by atoms with Gasteiger partial charge in [-0.1, -0.05) is 18.2 Å². The molecule has 9 nitrogen and oxygen atoms in total. The Morgan fingerprint density at radius 2 is 2.00 bits per heavy atom. The number of aromatic nitrogens is 2. The SMILES string of the molecule is O=C(O)C[C@@H]1CC[C@H](NC(=O)CCc2nnc(-c3ccccc3)o2)B(O)O1. The fourth-order valence-electron chi connectivity index (χ4n) is 2.91.